The van der Waals surface area contributed by atoms with Crippen LogP contribution in [0.3, 0.4) is 0 Å². The minimum atomic E-state index is -3.25. The molecule has 0 radical (unpaired) electrons. The first-order valence-corrected chi connectivity index (χ1v) is 5.63. The lowest BCUT2D eigenvalue weighted by atomic mass is 10.2. The molecule has 0 aliphatic carbocycles. The average molecular weight is 275 g/mol. The van der Waals surface area contributed by atoms with Crippen molar-refractivity contribution in [3.63, 3.8) is 0 Å². The highest BCUT2D eigenvalue weighted by atomic mass is 19.3. The van der Waals surface area contributed by atoms with Gasteiger partial charge in [-0.3, -0.25) is 0 Å². The highest BCUT2D eigenvalue weighted by molar-refractivity contribution is 5.90. The summed E-state index contributed by atoms with van der Waals surface area (Å²) in [5.41, 5.74) is 0.504. The third-order valence-corrected chi connectivity index (χ3v) is 2.21. The van der Waals surface area contributed by atoms with Crippen molar-refractivity contribution >= 4 is 11.9 Å². The molecule has 1 aromatic heterocycles. The Hall–Kier alpha value is -1.83. The van der Waals surface area contributed by atoms with Crippen LogP contribution in [0.15, 0.2) is 6.20 Å². The van der Waals surface area contributed by atoms with Crippen LogP contribution in [-0.2, 0) is 4.74 Å². The summed E-state index contributed by atoms with van der Waals surface area (Å²) in [6.07, 6.45) is 1.21. The Morgan fingerprint density at radius 2 is 2.26 bits per heavy atom. The molecule has 0 saturated carbocycles. The Morgan fingerprint density at radius 3 is 2.79 bits per heavy atom. The monoisotopic (exact) mass is 275 g/mol. The summed E-state index contributed by atoms with van der Waals surface area (Å²) in [6.45, 7) is 1.38. The highest BCUT2D eigenvalue weighted by Gasteiger charge is 2.27. The number of alkyl halides is 2. The van der Waals surface area contributed by atoms with Gasteiger partial charge in [0.2, 0.25) is 5.95 Å². The third-order valence-electron chi connectivity index (χ3n) is 2.21. The molecule has 1 aromatic rings. The Balaban J connectivity index is 2.74. The first kappa shape index (κ1) is 15.2. The summed E-state index contributed by atoms with van der Waals surface area (Å²) >= 11 is 0. The first-order chi connectivity index (χ1) is 8.89. The first-order valence-electron chi connectivity index (χ1n) is 5.63. The Labute approximate surface area is 108 Å². The van der Waals surface area contributed by atoms with Gasteiger partial charge in [0.15, 0.2) is 0 Å². The fraction of sp³-hybridized carbons (Fsp3) is 0.545. The second-order valence-corrected chi connectivity index (χ2v) is 3.78. The number of ether oxygens (including phenoxy) is 1. The van der Waals surface area contributed by atoms with Crippen LogP contribution in [0.25, 0.3) is 0 Å². The maximum atomic E-state index is 12.8. The third kappa shape index (κ3) is 4.40. The van der Waals surface area contributed by atoms with Crippen LogP contribution in [0.1, 0.15) is 23.0 Å². The van der Waals surface area contributed by atoms with E-state index in [1.165, 1.54) is 6.20 Å². The van der Waals surface area contributed by atoms with E-state index in [-0.39, 0.29) is 18.1 Å². The van der Waals surface area contributed by atoms with E-state index in [9.17, 15) is 13.6 Å². The van der Waals surface area contributed by atoms with Gasteiger partial charge in [0, 0.05) is 6.20 Å². The van der Waals surface area contributed by atoms with Crippen LogP contribution in [0.5, 0.6) is 0 Å². The molecule has 0 bridgehead atoms. The smallest absolute Gasteiger partial charge is 0.341 e. The van der Waals surface area contributed by atoms with Crippen molar-refractivity contribution in [3.8, 4) is 0 Å². The molecule has 0 aliphatic rings. The zero-order valence-corrected chi connectivity index (χ0v) is 10.6. The van der Waals surface area contributed by atoms with Crippen molar-refractivity contribution in [1.29, 1.82) is 0 Å². The minimum absolute atomic E-state index is 0.0429. The van der Waals surface area contributed by atoms with Crippen LogP contribution in [0.4, 0.5) is 14.7 Å². The average Bonchev–Trinajstić information content (AvgIpc) is 2.37. The second-order valence-electron chi connectivity index (χ2n) is 3.78. The van der Waals surface area contributed by atoms with Crippen molar-refractivity contribution < 1.29 is 23.4 Å². The van der Waals surface area contributed by atoms with Gasteiger partial charge in [0.1, 0.15) is 6.61 Å². The van der Waals surface area contributed by atoms with Crippen molar-refractivity contribution in [2.45, 2.75) is 19.8 Å². The maximum absolute atomic E-state index is 12.8. The Morgan fingerprint density at radius 1 is 1.58 bits per heavy atom. The van der Waals surface area contributed by atoms with Crippen molar-refractivity contribution in [2.24, 2.45) is 0 Å². The van der Waals surface area contributed by atoms with E-state index in [1.807, 2.05) is 0 Å². The van der Waals surface area contributed by atoms with Gasteiger partial charge in [-0.15, -0.1) is 0 Å². The van der Waals surface area contributed by atoms with Gasteiger partial charge in [-0.2, -0.15) is 0 Å². The van der Waals surface area contributed by atoms with E-state index < -0.39 is 25.0 Å². The molecule has 0 aliphatic heterocycles. The number of nitrogens with zero attached hydrogens (tertiary/aromatic N) is 2. The van der Waals surface area contributed by atoms with Crippen LogP contribution in [-0.4, -0.2) is 46.7 Å². The maximum Gasteiger partial charge on any atom is 0.341 e. The van der Waals surface area contributed by atoms with E-state index in [1.54, 1.807) is 13.8 Å². The number of halogens is 2. The second kappa shape index (κ2) is 6.37. The number of esters is 1. The van der Waals surface area contributed by atoms with Gasteiger partial charge in [0.05, 0.1) is 24.4 Å². The standard InChI is InChI=1S/C11H15F2N3O3/c1-3-19-9(18)8-4-14-10(16-7(8)2)15-5-11(12,13)6-17/h4,17H,3,5-6H2,1-2H3,(H,14,15,16). The molecule has 0 unspecified atom stereocenters. The fourth-order valence-corrected chi connectivity index (χ4v) is 1.23. The summed E-state index contributed by atoms with van der Waals surface area (Å²) in [5, 5.41) is 10.7. The Bertz CT molecular complexity index is 455. The molecule has 19 heavy (non-hydrogen) atoms. The number of nitrogens with one attached hydrogen (secondary N) is 1. The van der Waals surface area contributed by atoms with Gasteiger partial charge in [-0.1, -0.05) is 0 Å². The molecular weight excluding hydrogens is 260 g/mol. The number of aryl methyl sites for hydroxylation is 1. The van der Waals surface area contributed by atoms with E-state index in [0.29, 0.717) is 5.69 Å². The number of aliphatic hydroxyl groups is 1. The molecule has 1 heterocycles. The normalized spacial score (nSPS) is 11.2. The predicted octanol–water partition coefficient (Wildman–Crippen LogP) is 1.00. The number of aliphatic hydroxyl groups excluding tert-OH is 1. The topological polar surface area (TPSA) is 84.3 Å². The largest absolute Gasteiger partial charge is 0.462 e. The van der Waals surface area contributed by atoms with E-state index >= 15 is 0 Å². The molecule has 0 saturated heterocycles. The quantitative estimate of drug-likeness (QED) is 0.753. The highest BCUT2D eigenvalue weighted by Crippen LogP contribution is 2.14. The molecule has 0 aromatic carbocycles. The lowest BCUT2D eigenvalue weighted by Gasteiger charge is -2.14. The molecule has 0 spiro atoms. The molecular formula is C11H15F2N3O3. The van der Waals surface area contributed by atoms with Crippen LogP contribution in [0.2, 0.25) is 0 Å². The molecule has 8 heteroatoms. The number of carbonyl (C=O) groups is 1. The SMILES string of the molecule is CCOC(=O)c1cnc(NCC(F)(F)CO)nc1C. The number of hydrogen-bond acceptors (Lipinski definition) is 6. The molecule has 0 fully saturated rings. The minimum Gasteiger partial charge on any atom is -0.462 e. The van der Waals surface area contributed by atoms with Gasteiger partial charge < -0.3 is 15.2 Å². The van der Waals surface area contributed by atoms with Gasteiger partial charge >= 0.3 is 5.97 Å². The van der Waals surface area contributed by atoms with Crippen LogP contribution >= 0.6 is 0 Å². The van der Waals surface area contributed by atoms with E-state index in [0.717, 1.165) is 0 Å². The van der Waals surface area contributed by atoms with E-state index in [4.69, 9.17) is 9.84 Å². The van der Waals surface area contributed by atoms with Gasteiger partial charge in [0.25, 0.3) is 5.92 Å². The molecule has 106 valence electrons. The molecule has 1 rings (SSSR count). The van der Waals surface area contributed by atoms with Crippen LogP contribution in [0, 0.1) is 6.92 Å². The summed E-state index contributed by atoms with van der Waals surface area (Å²) < 4.78 is 30.4. The number of rotatable bonds is 6. The number of aromatic nitrogens is 2. The summed E-state index contributed by atoms with van der Waals surface area (Å²) in [7, 11) is 0. The fourth-order valence-electron chi connectivity index (χ4n) is 1.23. The molecule has 0 atom stereocenters. The number of anilines is 1. The van der Waals surface area contributed by atoms with Gasteiger partial charge in [-0.25, -0.2) is 23.5 Å². The van der Waals surface area contributed by atoms with Crippen molar-refractivity contribution in [2.75, 3.05) is 25.1 Å². The number of hydrogen-bond donors (Lipinski definition) is 2. The molecule has 0 amide bonds. The predicted molar refractivity (Wildman–Crippen MR) is 63.2 cm³/mol. The number of carbonyl (C=O) groups excluding carboxylic acids is 1. The van der Waals surface area contributed by atoms with Crippen molar-refractivity contribution in [1.82, 2.24) is 9.97 Å². The van der Waals surface area contributed by atoms with Gasteiger partial charge in [-0.05, 0) is 13.8 Å². The Kier molecular flexibility index (Phi) is 5.11. The zero-order valence-electron chi connectivity index (χ0n) is 10.6. The lowest BCUT2D eigenvalue weighted by molar-refractivity contribution is -0.0374. The van der Waals surface area contributed by atoms with Crippen molar-refractivity contribution in [3.05, 3.63) is 17.5 Å². The van der Waals surface area contributed by atoms with E-state index in [2.05, 4.69) is 15.3 Å². The summed E-state index contributed by atoms with van der Waals surface area (Å²) in [5.74, 6) is -3.86. The summed E-state index contributed by atoms with van der Waals surface area (Å²) in [6, 6.07) is 0. The molecule has 6 nitrogen and oxygen atoms in total. The zero-order chi connectivity index (χ0) is 14.5. The molecule has 2 N–H and O–H groups in total. The lowest BCUT2D eigenvalue weighted by Crippen LogP contribution is -2.31. The summed E-state index contributed by atoms with van der Waals surface area (Å²) in [4.78, 5) is 19.1. The van der Waals surface area contributed by atoms with Crippen LogP contribution < -0.4 is 5.32 Å².